The fraction of sp³-hybridized carbons (Fsp3) is 0.571. The summed E-state index contributed by atoms with van der Waals surface area (Å²) in [6, 6.07) is 1.75. The van der Waals surface area contributed by atoms with E-state index in [4.69, 9.17) is 5.73 Å². The highest BCUT2D eigenvalue weighted by Crippen LogP contribution is 2.29. The summed E-state index contributed by atoms with van der Waals surface area (Å²) in [7, 11) is 0. The molecule has 0 aromatic carbocycles. The van der Waals surface area contributed by atoms with Crippen molar-refractivity contribution in [2.45, 2.75) is 33.6 Å². The molecule has 2 N–H and O–H groups in total. The molecule has 0 aliphatic carbocycles. The third-order valence-electron chi connectivity index (χ3n) is 3.49. The Morgan fingerprint density at radius 1 is 1.50 bits per heavy atom. The molecule has 0 unspecified atom stereocenters. The number of piperidine rings is 1. The predicted molar refractivity (Wildman–Crippen MR) is 72.3 cm³/mol. The lowest BCUT2D eigenvalue weighted by molar-refractivity contribution is 0.0584. The molecule has 18 heavy (non-hydrogen) atoms. The Labute approximate surface area is 108 Å². The van der Waals surface area contributed by atoms with Gasteiger partial charge in [0.15, 0.2) is 0 Å². The SMILES string of the molecule is Cc1cc(N)c(C(=O)N2CCCC(C)(C)C2)cn1. The zero-order chi connectivity index (χ0) is 13.3. The van der Waals surface area contributed by atoms with E-state index in [1.165, 1.54) is 6.42 Å². The second-order valence-electron chi connectivity index (χ2n) is 5.91. The number of pyridine rings is 1. The van der Waals surface area contributed by atoms with Gasteiger partial charge in [0.2, 0.25) is 0 Å². The minimum Gasteiger partial charge on any atom is -0.398 e. The van der Waals surface area contributed by atoms with Crippen molar-refractivity contribution in [2.24, 2.45) is 5.41 Å². The summed E-state index contributed by atoms with van der Waals surface area (Å²) in [6.07, 6.45) is 3.81. The molecule has 4 nitrogen and oxygen atoms in total. The van der Waals surface area contributed by atoms with Crippen LogP contribution in [0.3, 0.4) is 0 Å². The Balaban J connectivity index is 2.20. The smallest absolute Gasteiger partial charge is 0.257 e. The molecule has 1 saturated heterocycles. The maximum atomic E-state index is 12.4. The van der Waals surface area contributed by atoms with Gasteiger partial charge in [-0.3, -0.25) is 9.78 Å². The van der Waals surface area contributed by atoms with Gasteiger partial charge in [0, 0.05) is 30.7 Å². The summed E-state index contributed by atoms with van der Waals surface area (Å²) in [5.41, 5.74) is 7.99. The van der Waals surface area contributed by atoms with E-state index in [9.17, 15) is 4.79 Å². The van der Waals surface area contributed by atoms with E-state index in [1.807, 2.05) is 11.8 Å². The zero-order valence-electron chi connectivity index (χ0n) is 11.4. The molecule has 0 bridgehead atoms. The molecule has 0 saturated carbocycles. The number of nitrogens with zero attached hydrogens (tertiary/aromatic N) is 2. The van der Waals surface area contributed by atoms with E-state index in [0.717, 1.165) is 25.2 Å². The minimum absolute atomic E-state index is 0.00720. The maximum Gasteiger partial charge on any atom is 0.257 e. The Hall–Kier alpha value is -1.58. The predicted octanol–water partition coefficient (Wildman–Crippen LogP) is 2.23. The number of nitrogens with two attached hydrogens (primary N) is 1. The van der Waals surface area contributed by atoms with E-state index in [2.05, 4.69) is 18.8 Å². The highest BCUT2D eigenvalue weighted by atomic mass is 16.2. The van der Waals surface area contributed by atoms with Crippen LogP contribution in [0.25, 0.3) is 0 Å². The van der Waals surface area contributed by atoms with Gasteiger partial charge in [-0.05, 0) is 31.2 Å². The van der Waals surface area contributed by atoms with Crippen LogP contribution >= 0.6 is 0 Å². The first-order valence-electron chi connectivity index (χ1n) is 6.40. The van der Waals surface area contributed by atoms with Gasteiger partial charge in [-0.1, -0.05) is 13.8 Å². The average molecular weight is 247 g/mol. The molecule has 1 fully saturated rings. The van der Waals surface area contributed by atoms with Crippen molar-refractivity contribution in [1.29, 1.82) is 0 Å². The molecule has 1 aromatic rings. The standard InChI is InChI=1S/C14H21N3O/c1-10-7-12(15)11(8-16-10)13(18)17-6-4-5-14(2,3)9-17/h7-8H,4-6,9H2,1-3H3,(H2,15,16). The summed E-state index contributed by atoms with van der Waals surface area (Å²) in [4.78, 5) is 18.5. The quantitative estimate of drug-likeness (QED) is 0.828. The second kappa shape index (κ2) is 4.59. The molecule has 0 radical (unpaired) electrons. The van der Waals surface area contributed by atoms with Crippen LogP contribution in [0.4, 0.5) is 5.69 Å². The van der Waals surface area contributed by atoms with Crippen LogP contribution in [0.15, 0.2) is 12.3 Å². The molecule has 1 aliphatic rings. The number of carbonyl (C=O) groups excluding carboxylic acids is 1. The summed E-state index contributed by atoms with van der Waals surface area (Å²) < 4.78 is 0. The van der Waals surface area contributed by atoms with Gasteiger partial charge in [-0.2, -0.15) is 0 Å². The number of amides is 1. The van der Waals surface area contributed by atoms with Crippen molar-refractivity contribution in [1.82, 2.24) is 9.88 Å². The van der Waals surface area contributed by atoms with E-state index >= 15 is 0 Å². The molecule has 1 aliphatic heterocycles. The summed E-state index contributed by atoms with van der Waals surface area (Å²) in [5.74, 6) is 0.00720. The lowest BCUT2D eigenvalue weighted by Crippen LogP contribution is -2.43. The van der Waals surface area contributed by atoms with Crippen LogP contribution in [-0.4, -0.2) is 28.9 Å². The van der Waals surface area contributed by atoms with Gasteiger partial charge in [-0.15, -0.1) is 0 Å². The average Bonchev–Trinajstić information content (AvgIpc) is 2.27. The van der Waals surface area contributed by atoms with Crippen molar-refractivity contribution in [3.63, 3.8) is 0 Å². The Kier molecular flexibility index (Phi) is 3.28. The number of likely N-dealkylation sites (tertiary alicyclic amines) is 1. The van der Waals surface area contributed by atoms with Crippen LogP contribution in [-0.2, 0) is 0 Å². The first-order valence-corrected chi connectivity index (χ1v) is 6.40. The monoisotopic (exact) mass is 247 g/mol. The van der Waals surface area contributed by atoms with E-state index in [1.54, 1.807) is 12.3 Å². The molecule has 2 heterocycles. The number of carbonyl (C=O) groups is 1. The topological polar surface area (TPSA) is 59.2 Å². The lowest BCUT2D eigenvalue weighted by Gasteiger charge is -2.38. The first kappa shape index (κ1) is 12.9. The van der Waals surface area contributed by atoms with Crippen molar-refractivity contribution < 1.29 is 4.79 Å². The largest absolute Gasteiger partial charge is 0.398 e. The van der Waals surface area contributed by atoms with Crippen LogP contribution < -0.4 is 5.73 Å². The molecule has 4 heteroatoms. The molecule has 1 aromatic heterocycles. The van der Waals surface area contributed by atoms with E-state index in [-0.39, 0.29) is 11.3 Å². The van der Waals surface area contributed by atoms with Gasteiger partial charge in [0.05, 0.1) is 5.56 Å². The fourth-order valence-corrected chi connectivity index (χ4v) is 2.53. The van der Waals surface area contributed by atoms with Gasteiger partial charge < -0.3 is 10.6 Å². The molecule has 0 spiro atoms. The number of rotatable bonds is 1. The number of anilines is 1. The van der Waals surface area contributed by atoms with Crippen LogP contribution in [0.1, 0.15) is 42.7 Å². The van der Waals surface area contributed by atoms with Gasteiger partial charge in [-0.25, -0.2) is 0 Å². The summed E-state index contributed by atoms with van der Waals surface area (Å²) in [6.45, 7) is 7.87. The first-order chi connectivity index (χ1) is 8.39. The van der Waals surface area contributed by atoms with Crippen molar-refractivity contribution in [2.75, 3.05) is 18.8 Å². The third-order valence-corrected chi connectivity index (χ3v) is 3.49. The van der Waals surface area contributed by atoms with Crippen LogP contribution in [0, 0.1) is 12.3 Å². The van der Waals surface area contributed by atoms with Crippen molar-refractivity contribution in [3.8, 4) is 0 Å². The number of hydrogen-bond acceptors (Lipinski definition) is 3. The Bertz CT molecular complexity index is 468. The minimum atomic E-state index is 0.00720. The highest BCUT2D eigenvalue weighted by Gasteiger charge is 2.30. The molecular formula is C14H21N3O. The van der Waals surface area contributed by atoms with Gasteiger partial charge in [0.25, 0.3) is 5.91 Å². The van der Waals surface area contributed by atoms with E-state index in [0.29, 0.717) is 11.3 Å². The third kappa shape index (κ3) is 2.63. The number of hydrogen-bond donors (Lipinski definition) is 1. The normalized spacial score (nSPS) is 18.7. The summed E-state index contributed by atoms with van der Waals surface area (Å²) in [5, 5.41) is 0. The van der Waals surface area contributed by atoms with Gasteiger partial charge in [0.1, 0.15) is 0 Å². The summed E-state index contributed by atoms with van der Waals surface area (Å²) >= 11 is 0. The highest BCUT2D eigenvalue weighted by molar-refractivity contribution is 5.98. The van der Waals surface area contributed by atoms with Crippen LogP contribution in [0.5, 0.6) is 0 Å². The molecule has 2 rings (SSSR count). The van der Waals surface area contributed by atoms with Crippen molar-refractivity contribution in [3.05, 3.63) is 23.5 Å². The zero-order valence-corrected chi connectivity index (χ0v) is 11.4. The Morgan fingerprint density at radius 3 is 2.83 bits per heavy atom. The number of aromatic nitrogens is 1. The fourth-order valence-electron chi connectivity index (χ4n) is 2.53. The van der Waals surface area contributed by atoms with E-state index < -0.39 is 0 Å². The maximum absolute atomic E-state index is 12.4. The molecule has 0 atom stereocenters. The Morgan fingerprint density at radius 2 is 2.22 bits per heavy atom. The number of aryl methyl sites for hydroxylation is 1. The molecular weight excluding hydrogens is 226 g/mol. The lowest BCUT2D eigenvalue weighted by atomic mass is 9.84. The number of nitrogen functional groups attached to an aromatic ring is 1. The van der Waals surface area contributed by atoms with Gasteiger partial charge >= 0.3 is 0 Å². The van der Waals surface area contributed by atoms with Crippen molar-refractivity contribution >= 4 is 11.6 Å². The van der Waals surface area contributed by atoms with Crippen LogP contribution in [0.2, 0.25) is 0 Å². The second-order valence-corrected chi connectivity index (χ2v) is 5.91. The molecule has 98 valence electrons. The molecule has 1 amide bonds.